The first-order chi connectivity index (χ1) is 16.2. The maximum absolute atomic E-state index is 14.2. The number of aromatic nitrogens is 3. The van der Waals surface area contributed by atoms with Crippen molar-refractivity contribution >= 4 is 23.5 Å². The van der Waals surface area contributed by atoms with Crippen LogP contribution in [0, 0.1) is 11.7 Å². The fourth-order valence-corrected chi connectivity index (χ4v) is 4.91. The number of nitrogens with zero attached hydrogens (tertiary/aromatic N) is 5. The number of benzene rings is 1. The summed E-state index contributed by atoms with van der Waals surface area (Å²) in [5, 5.41) is 6.60. The molecule has 0 amide bonds. The van der Waals surface area contributed by atoms with Crippen LogP contribution in [-0.4, -0.2) is 59.7 Å². The summed E-state index contributed by atoms with van der Waals surface area (Å²) in [7, 11) is 1.45. The number of fused-ring (bicyclic) bond motifs is 1. The van der Waals surface area contributed by atoms with E-state index >= 15 is 0 Å². The fraction of sp³-hybridized carbons (Fsp3) is 0.542. The summed E-state index contributed by atoms with van der Waals surface area (Å²) >= 11 is 0. The fourth-order valence-electron chi connectivity index (χ4n) is 4.91. The van der Waals surface area contributed by atoms with Gasteiger partial charge in [-0.15, -0.1) is 0 Å². The largest absolute Gasteiger partial charge is 0.494 e. The Hall–Kier alpha value is -3.10. The number of halogens is 1. The Morgan fingerprint density at radius 1 is 1.03 bits per heavy atom. The maximum atomic E-state index is 14.2. The molecule has 0 atom stereocenters. The minimum atomic E-state index is -0.434. The van der Waals surface area contributed by atoms with Crippen molar-refractivity contribution in [2.45, 2.75) is 38.5 Å². The van der Waals surface area contributed by atoms with Gasteiger partial charge in [0.15, 0.2) is 11.6 Å². The van der Waals surface area contributed by atoms with E-state index in [4.69, 9.17) is 9.72 Å². The predicted octanol–water partition coefficient (Wildman–Crippen LogP) is 4.16. The molecule has 8 nitrogen and oxygen atoms in total. The third-order valence-corrected chi connectivity index (χ3v) is 6.77. The average Bonchev–Trinajstić information content (AvgIpc) is 3.31. The molecule has 2 aliphatic heterocycles. The molecule has 0 radical (unpaired) electrons. The molecule has 3 aliphatic rings. The van der Waals surface area contributed by atoms with Crippen molar-refractivity contribution in [3.05, 3.63) is 35.8 Å². The van der Waals surface area contributed by atoms with Crippen LogP contribution in [0.5, 0.6) is 5.75 Å². The van der Waals surface area contributed by atoms with Crippen molar-refractivity contribution in [2.24, 2.45) is 5.92 Å². The molecule has 0 bridgehead atoms. The zero-order chi connectivity index (χ0) is 22.6. The highest BCUT2D eigenvalue weighted by atomic mass is 19.1. The number of hydrogen-bond acceptors (Lipinski definition) is 8. The molecule has 1 aliphatic carbocycles. The Kier molecular flexibility index (Phi) is 6.46. The summed E-state index contributed by atoms with van der Waals surface area (Å²) in [6, 6.07) is 4.73. The number of methoxy groups -OCH3 is 1. The first-order valence-corrected chi connectivity index (χ1v) is 12.0. The molecule has 33 heavy (non-hydrogen) atoms. The second-order valence-electron chi connectivity index (χ2n) is 9.03. The number of nitrogens with one attached hydrogen (secondary N) is 2. The highest BCUT2D eigenvalue weighted by molar-refractivity contribution is 5.57. The lowest BCUT2D eigenvalue weighted by Gasteiger charge is -2.35. The lowest BCUT2D eigenvalue weighted by Crippen LogP contribution is -2.44. The van der Waals surface area contributed by atoms with Gasteiger partial charge < -0.3 is 25.2 Å². The van der Waals surface area contributed by atoms with Crippen molar-refractivity contribution in [3.8, 4) is 5.75 Å². The summed E-state index contributed by atoms with van der Waals surface area (Å²) in [6.07, 6.45) is 9.82. The smallest absolute Gasteiger partial charge is 0.233 e. The van der Waals surface area contributed by atoms with Crippen LogP contribution in [-0.2, 0) is 0 Å². The molecule has 0 spiro atoms. The summed E-state index contributed by atoms with van der Waals surface area (Å²) < 4.78 is 19.2. The summed E-state index contributed by atoms with van der Waals surface area (Å²) in [6.45, 7) is 4.58. The van der Waals surface area contributed by atoms with E-state index in [0.717, 1.165) is 39.1 Å². The minimum absolute atomic E-state index is 0.203. The molecule has 1 saturated carbocycles. The zero-order valence-electron chi connectivity index (χ0n) is 19.2. The lowest BCUT2D eigenvalue weighted by atomic mass is 9.89. The van der Waals surface area contributed by atoms with E-state index in [1.54, 1.807) is 12.1 Å². The highest BCUT2D eigenvalue weighted by Crippen LogP contribution is 2.27. The molecule has 176 valence electrons. The zero-order valence-corrected chi connectivity index (χ0v) is 19.2. The van der Waals surface area contributed by atoms with Gasteiger partial charge in [-0.2, -0.15) is 15.0 Å². The molecule has 2 N–H and O–H groups in total. The molecule has 1 aromatic heterocycles. The molecule has 1 saturated heterocycles. The quantitative estimate of drug-likeness (QED) is 0.647. The standard InChI is InChI=1S/C24H32FN7O/c1-33-21-10-9-18(14-20(21)25)27-23-28-22(26-15-17-6-3-2-4-7-17)29-24(30-23)32-13-12-31-11-5-8-19(31)16-32/h8-10,14,17H,2-7,11-13,15-16H2,1H3,(H2,26,27,28,29,30). The molecule has 9 heteroatoms. The van der Waals surface area contributed by atoms with Crippen LogP contribution >= 0.6 is 0 Å². The third-order valence-electron chi connectivity index (χ3n) is 6.77. The van der Waals surface area contributed by atoms with Gasteiger partial charge in [-0.1, -0.05) is 25.3 Å². The van der Waals surface area contributed by atoms with Crippen molar-refractivity contribution in [1.82, 2.24) is 19.9 Å². The van der Waals surface area contributed by atoms with Crippen LogP contribution in [0.3, 0.4) is 0 Å². The average molecular weight is 454 g/mol. The molecule has 5 rings (SSSR count). The normalized spacial score (nSPS) is 18.7. The number of hydrogen-bond donors (Lipinski definition) is 2. The van der Waals surface area contributed by atoms with E-state index in [1.807, 2.05) is 0 Å². The van der Waals surface area contributed by atoms with E-state index in [0.29, 0.717) is 29.5 Å². The first kappa shape index (κ1) is 21.7. The SMILES string of the molecule is COc1ccc(Nc2nc(NCC3CCCCC3)nc(N3CCN4CCC=C4C3)n2)cc1F. The minimum Gasteiger partial charge on any atom is -0.494 e. The number of ether oxygens (including phenoxy) is 1. The van der Waals surface area contributed by atoms with Crippen LogP contribution in [0.1, 0.15) is 38.5 Å². The van der Waals surface area contributed by atoms with Crippen LogP contribution in [0.2, 0.25) is 0 Å². The second-order valence-corrected chi connectivity index (χ2v) is 9.03. The Morgan fingerprint density at radius 2 is 1.85 bits per heavy atom. The molecule has 0 unspecified atom stereocenters. The van der Waals surface area contributed by atoms with Crippen molar-refractivity contribution in [1.29, 1.82) is 0 Å². The second kappa shape index (κ2) is 9.80. The van der Waals surface area contributed by atoms with E-state index in [-0.39, 0.29) is 5.75 Å². The van der Waals surface area contributed by atoms with Crippen LogP contribution in [0.25, 0.3) is 0 Å². The van der Waals surface area contributed by atoms with Crippen LogP contribution in [0.15, 0.2) is 30.0 Å². The van der Waals surface area contributed by atoms with Gasteiger partial charge in [0.1, 0.15) is 0 Å². The Balaban J connectivity index is 1.37. The number of anilines is 4. The summed E-state index contributed by atoms with van der Waals surface area (Å²) in [5.41, 5.74) is 1.90. The topological polar surface area (TPSA) is 78.4 Å². The molecular formula is C24H32FN7O. The summed E-state index contributed by atoms with van der Waals surface area (Å²) in [4.78, 5) is 18.7. The van der Waals surface area contributed by atoms with Crippen LogP contribution in [0.4, 0.5) is 27.9 Å². The van der Waals surface area contributed by atoms with E-state index in [9.17, 15) is 4.39 Å². The first-order valence-electron chi connectivity index (χ1n) is 12.0. The van der Waals surface area contributed by atoms with E-state index < -0.39 is 5.82 Å². The van der Waals surface area contributed by atoms with Crippen molar-refractivity contribution in [3.63, 3.8) is 0 Å². The highest BCUT2D eigenvalue weighted by Gasteiger charge is 2.26. The van der Waals surface area contributed by atoms with Gasteiger partial charge in [-0.3, -0.25) is 0 Å². The van der Waals surface area contributed by atoms with Crippen molar-refractivity contribution in [2.75, 3.05) is 55.4 Å². The lowest BCUT2D eigenvalue weighted by molar-refractivity contribution is 0.347. The van der Waals surface area contributed by atoms with Gasteiger partial charge in [0.05, 0.1) is 13.7 Å². The maximum Gasteiger partial charge on any atom is 0.233 e. The third kappa shape index (κ3) is 5.12. The van der Waals surface area contributed by atoms with Gasteiger partial charge in [0, 0.05) is 43.6 Å². The number of piperazine rings is 1. The van der Waals surface area contributed by atoms with E-state index in [1.165, 1.54) is 51.0 Å². The molecular weight excluding hydrogens is 421 g/mol. The van der Waals surface area contributed by atoms with Gasteiger partial charge in [-0.25, -0.2) is 4.39 Å². The van der Waals surface area contributed by atoms with Gasteiger partial charge >= 0.3 is 0 Å². The molecule has 3 heterocycles. The molecule has 2 fully saturated rings. The predicted molar refractivity (Wildman–Crippen MR) is 128 cm³/mol. The van der Waals surface area contributed by atoms with Gasteiger partial charge in [0.2, 0.25) is 17.8 Å². The molecule has 2 aromatic rings. The van der Waals surface area contributed by atoms with Crippen molar-refractivity contribution < 1.29 is 9.13 Å². The van der Waals surface area contributed by atoms with Crippen LogP contribution < -0.4 is 20.3 Å². The monoisotopic (exact) mass is 453 g/mol. The molecule has 1 aromatic carbocycles. The Morgan fingerprint density at radius 3 is 2.67 bits per heavy atom. The Labute approximate surface area is 194 Å². The number of rotatable bonds is 7. The van der Waals surface area contributed by atoms with Gasteiger partial charge in [-0.05, 0) is 37.3 Å². The van der Waals surface area contributed by atoms with Gasteiger partial charge in [0.25, 0.3) is 0 Å². The summed E-state index contributed by atoms with van der Waals surface area (Å²) in [5.74, 6) is 2.02. The Bertz CT molecular complexity index is 1010. The van der Waals surface area contributed by atoms with E-state index in [2.05, 4.69) is 36.5 Å².